The molecule has 1 aromatic rings. The molecule has 120 valence electrons. The maximum Gasteiger partial charge on any atom is 0.220 e. The lowest BCUT2D eigenvalue weighted by atomic mass is 9.85. The van der Waals surface area contributed by atoms with Gasteiger partial charge in [0.05, 0.1) is 6.61 Å². The molecule has 1 amide bonds. The number of amides is 1. The van der Waals surface area contributed by atoms with Gasteiger partial charge in [-0.25, -0.2) is 0 Å². The van der Waals surface area contributed by atoms with Gasteiger partial charge >= 0.3 is 0 Å². The van der Waals surface area contributed by atoms with Crippen LogP contribution in [0.4, 0.5) is 0 Å². The van der Waals surface area contributed by atoms with Gasteiger partial charge in [-0.1, -0.05) is 43.2 Å². The van der Waals surface area contributed by atoms with Crippen molar-refractivity contribution in [1.82, 2.24) is 5.32 Å². The van der Waals surface area contributed by atoms with Crippen LogP contribution in [-0.2, 0) is 4.79 Å². The highest BCUT2D eigenvalue weighted by molar-refractivity contribution is 5.98. The zero-order valence-electron chi connectivity index (χ0n) is 13.4. The normalized spacial score (nSPS) is 24.2. The second-order valence-corrected chi connectivity index (χ2v) is 6.61. The van der Waals surface area contributed by atoms with Crippen molar-refractivity contribution >= 4 is 11.7 Å². The third-order valence-electron chi connectivity index (χ3n) is 4.73. The van der Waals surface area contributed by atoms with Gasteiger partial charge in [-0.2, -0.15) is 0 Å². The lowest BCUT2D eigenvalue weighted by Gasteiger charge is -2.30. The number of ketones is 1. The molecule has 1 aliphatic carbocycles. The van der Waals surface area contributed by atoms with Crippen LogP contribution >= 0.6 is 0 Å². The van der Waals surface area contributed by atoms with Crippen LogP contribution in [0, 0.1) is 12.3 Å². The van der Waals surface area contributed by atoms with Crippen molar-refractivity contribution in [1.29, 1.82) is 0 Å². The Hall–Kier alpha value is -1.68. The third kappa shape index (κ3) is 3.95. The molecule has 2 atom stereocenters. The van der Waals surface area contributed by atoms with Crippen LogP contribution < -0.4 is 5.32 Å². The van der Waals surface area contributed by atoms with Gasteiger partial charge in [-0.05, 0) is 19.8 Å². The minimum atomic E-state index is -0.226. The van der Waals surface area contributed by atoms with E-state index in [0.29, 0.717) is 5.56 Å². The number of hydrogen-bond donors (Lipinski definition) is 2. The number of carbonyl (C=O) groups is 2. The fourth-order valence-corrected chi connectivity index (χ4v) is 3.05. The first-order valence-corrected chi connectivity index (χ1v) is 7.95. The molecule has 4 nitrogen and oxygen atoms in total. The first-order valence-electron chi connectivity index (χ1n) is 7.95. The molecular formula is C18H25NO3. The summed E-state index contributed by atoms with van der Waals surface area (Å²) in [7, 11) is 0. The summed E-state index contributed by atoms with van der Waals surface area (Å²) in [5.41, 5.74) is 1.54. The number of benzene rings is 1. The van der Waals surface area contributed by atoms with Gasteiger partial charge in [0.1, 0.15) is 0 Å². The number of aryl methyl sites for hydroxylation is 1. The number of aliphatic hydroxyl groups is 1. The quantitative estimate of drug-likeness (QED) is 0.794. The Morgan fingerprint density at radius 3 is 2.59 bits per heavy atom. The Kier molecular flexibility index (Phi) is 5.35. The van der Waals surface area contributed by atoms with Gasteiger partial charge in [0.2, 0.25) is 5.91 Å². The second kappa shape index (κ2) is 7.05. The van der Waals surface area contributed by atoms with Gasteiger partial charge in [-0.3, -0.25) is 9.59 Å². The second-order valence-electron chi connectivity index (χ2n) is 6.61. The molecule has 0 heterocycles. The smallest absolute Gasteiger partial charge is 0.220 e. The van der Waals surface area contributed by atoms with Crippen molar-refractivity contribution in [2.24, 2.45) is 5.41 Å². The Morgan fingerprint density at radius 1 is 1.27 bits per heavy atom. The highest BCUT2D eigenvalue weighted by Crippen LogP contribution is 2.37. The zero-order valence-corrected chi connectivity index (χ0v) is 13.4. The molecular weight excluding hydrogens is 278 g/mol. The average Bonchev–Trinajstić information content (AvgIpc) is 2.87. The number of rotatable bonds is 6. The first-order chi connectivity index (χ1) is 10.4. The van der Waals surface area contributed by atoms with E-state index in [4.69, 9.17) is 0 Å². The van der Waals surface area contributed by atoms with E-state index >= 15 is 0 Å². The molecule has 4 heteroatoms. The Labute approximate surface area is 131 Å². The Balaban J connectivity index is 1.83. The van der Waals surface area contributed by atoms with E-state index in [2.05, 4.69) is 5.32 Å². The first kappa shape index (κ1) is 16.7. The summed E-state index contributed by atoms with van der Waals surface area (Å²) >= 11 is 0. The molecule has 0 radical (unpaired) electrons. The molecule has 0 aliphatic heterocycles. The van der Waals surface area contributed by atoms with Gasteiger partial charge in [-0.15, -0.1) is 0 Å². The van der Waals surface area contributed by atoms with E-state index in [9.17, 15) is 14.7 Å². The van der Waals surface area contributed by atoms with Gasteiger partial charge in [0, 0.05) is 29.9 Å². The summed E-state index contributed by atoms with van der Waals surface area (Å²) in [5, 5.41) is 12.5. The SMILES string of the molecule is Cc1ccc(C(=O)CCC(=O)NC2CCCC2(C)CO)cc1. The van der Waals surface area contributed by atoms with E-state index in [1.807, 2.05) is 26.0 Å². The fourth-order valence-electron chi connectivity index (χ4n) is 3.05. The van der Waals surface area contributed by atoms with Gasteiger partial charge in [0.15, 0.2) is 5.78 Å². The van der Waals surface area contributed by atoms with Crippen LogP contribution in [-0.4, -0.2) is 29.4 Å². The molecule has 1 fully saturated rings. The van der Waals surface area contributed by atoms with Crippen LogP contribution in [0.5, 0.6) is 0 Å². The van der Waals surface area contributed by atoms with Crippen LogP contribution in [0.3, 0.4) is 0 Å². The summed E-state index contributed by atoms with van der Waals surface area (Å²) in [6.07, 6.45) is 3.26. The van der Waals surface area contributed by atoms with Crippen molar-refractivity contribution in [3.63, 3.8) is 0 Å². The summed E-state index contributed by atoms with van der Waals surface area (Å²) in [5.74, 6) is -0.112. The minimum absolute atomic E-state index is 0.00788. The standard InChI is InChI=1S/C18H25NO3/c1-13-5-7-14(8-6-13)15(21)9-10-17(22)19-16-4-3-11-18(16,2)12-20/h5-8,16,20H,3-4,9-12H2,1-2H3,(H,19,22). The third-order valence-corrected chi connectivity index (χ3v) is 4.73. The molecule has 0 aromatic heterocycles. The zero-order chi connectivity index (χ0) is 16.2. The lowest BCUT2D eigenvalue weighted by molar-refractivity contribution is -0.122. The van der Waals surface area contributed by atoms with Crippen LogP contribution in [0.15, 0.2) is 24.3 Å². The number of nitrogens with one attached hydrogen (secondary N) is 1. The Bertz CT molecular complexity index is 538. The van der Waals surface area contributed by atoms with Crippen LogP contribution in [0.1, 0.15) is 54.9 Å². The maximum atomic E-state index is 12.1. The van der Waals surface area contributed by atoms with Crippen molar-refractivity contribution in [2.75, 3.05) is 6.61 Å². The number of aliphatic hydroxyl groups excluding tert-OH is 1. The lowest BCUT2D eigenvalue weighted by Crippen LogP contribution is -2.44. The maximum absolute atomic E-state index is 12.1. The van der Waals surface area contributed by atoms with Crippen molar-refractivity contribution in [3.8, 4) is 0 Å². The van der Waals surface area contributed by atoms with Crippen molar-refractivity contribution in [3.05, 3.63) is 35.4 Å². The van der Waals surface area contributed by atoms with Crippen LogP contribution in [0.2, 0.25) is 0 Å². The van der Waals surface area contributed by atoms with E-state index in [-0.39, 0.29) is 42.6 Å². The molecule has 22 heavy (non-hydrogen) atoms. The molecule has 1 aliphatic rings. The number of Topliss-reactive ketones (excluding diaryl/α,β-unsaturated/α-hetero) is 1. The van der Waals surface area contributed by atoms with E-state index in [0.717, 1.165) is 24.8 Å². The Morgan fingerprint density at radius 2 is 1.95 bits per heavy atom. The monoisotopic (exact) mass is 303 g/mol. The molecule has 0 spiro atoms. The van der Waals surface area contributed by atoms with E-state index in [1.54, 1.807) is 12.1 Å². The van der Waals surface area contributed by atoms with Gasteiger partial charge < -0.3 is 10.4 Å². The molecule has 0 saturated heterocycles. The summed E-state index contributed by atoms with van der Waals surface area (Å²) < 4.78 is 0. The van der Waals surface area contributed by atoms with Crippen molar-refractivity contribution < 1.29 is 14.7 Å². The van der Waals surface area contributed by atoms with Crippen molar-refractivity contribution in [2.45, 2.75) is 52.0 Å². The fraction of sp³-hybridized carbons (Fsp3) is 0.556. The summed E-state index contributed by atoms with van der Waals surface area (Å²) in [4.78, 5) is 24.1. The predicted octanol–water partition coefficient (Wildman–Crippen LogP) is 2.63. The largest absolute Gasteiger partial charge is 0.396 e. The van der Waals surface area contributed by atoms with E-state index < -0.39 is 0 Å². The topological polar surface area (TPSA) is 66.4 Å². The highest BCUT2D eigenvalue weighted by atomic mass is 16.3. The highest BCUT2D eigenvalue weighted by Gasteiger charge is 2.38. The molecule has 2 unspecified atom stereocenters. The molecule has 1 saturated carbocycles. The number of hydrogen-bond acceptors (Lipinski definition) is 3. The van der Waals surface area contributed by atoms with E-state index in [1.165, 1.54) is 0 Å². The predicted molar refractivity (Wildman–Crippen MR) is 85.7 cm³/mol. The van der Waals surface area contributed by atoms with Crippen LogP contribution in [0.25, 0.3) is 0 Å². The van der Waals surface area contributed by atoms with Gasteiger partial charge in [0.25, 0.3) is 0 Å². The molecule has 0 bridgehead atoms. The molecule has 2 N–H and O–H groups in total. The minimum Gasteiger partial charge on any atom is -0.396 e. The summed E-state index contributed by atoms with van der Waals surface area (Å²) in [6.45, 7) is 4.06. The average molecular weight is 303 g/mol. The number of carbonyl (C=O) groups excluding carboxylic acids is 2. The summed E-state index contributed by atoms with van der Waals surface area (Å²) in [6, 6.07) is 7.42. The molecule has 1 aromatic carbocycles. The molecule has 2 rings (SSSR count).